The zero-order valence-corrected chi connectivity index (χ0v) is 36.1. The first kappa shape index (κ1) is 50.6. The Balaban J connectivity index is 1.76. The van der Waals surface area contributed by atoms with Crippen molar-refractivity contribution < 1.29 is 119 Å². The smallest absolute Gasteiger partial charge is 0.303 e. The molecule has 4 rings (SSSR count). The van der Waals surface area contributed by atoms with E-state index >= 15 is 0 Å². The second-order valence-electron chi connectivity index (χ2n) is 14.5. The van der Waals surface area contributed by atoms with Gasteiger partial charge in [-0.15, -0.1) is 0 Å². The third-order valence-electron chi connectivity index (χ3n) is 9.18. The van der Waals surface area contributed by atoms with Crippen LogP contribution < -0.4 is 0 Å². The fourth-order valence-electron chi connectivity index (χ4n) is 7.16. The Kier molecular flexibility index (Phi) is 18.1. The minimum Gasteiger partial charge on any atom is -0.463 e. The minimum atomic E-state index is -1.80. The average molecular weight is 909 g/mol. The van der Waals surface area contributed by atoms with Crippen LogP contribution in [0.4, 0.5) is 0 Å². The van der Waals surface area contributed by atoms with Crippen LogP contribution in [0.2, 0.25) is 0 Å². The quantitative estimate of drug-likeness (QED) is 0.132. The number of carbonyl (C=O) groups excluding carboxylic acids is 9. The Morgan fingerprint density at radius 1 is 0.365 bits per heavy atom. The normalized spacial score (nSPS) is 34.8. The van der Waals surface area contributed by atoms with Crippen LogP contribution in [0.1, 0.15) is 69.2 Å². The summed E-state index contributed by atoms with van der Waals surface area (Å²) in [5, 5.41) is 0. The Morgan fingerprint density at radius 2 is 0.714 bits per heavy atom. The lowest BCUT2D eigenvalue weighted by Gasteiger charge is -2.48. The first-order valence-corrected chi connectivity index (χ1v) is 19.6. The molecule has 4 fully saturated rings. The van der Waals surface area contributed by atoms with Crippen LogP contribution >= 0.6 is 0 Å². The monoisotopic (exact) mass is 908 g/mol. The molecule has 0 aromatic rings. The number of fused-ring (bicyclic) bond motifs is 1. The molecule has 4 heterocycles. The van der Waals surface area contributed by atoms with Crippen molar-refractivity contribution in [2.45, 2.75) is 168 Å². The van der Waals surface area contributed by atoms with Crippen LogP contribution in [0.15, 0.2) is 0 Å². The summed E-state index contributed by atoms with van der Waals surface area (Å²) in [5.74, 6) is -7.79. The highest BCUT2D eigenvalue weighted by Crippen LogP contribution is 2.39. The second-order valence-corrected chi connectivity index (χ2v) is 14.5. The molecular weight excluding hydrogens is 856 g/mol. The van der Waals surface area contributed by atoms with Gasteiger partial charge < -0.3 is 75.8 Å². The number of carbonyl (C=O) groups is 9. The molecule has 0 amide bonds. The summed E-state index contributed by atoms with van der Waals surface area (Å²) in [7, 11) is 0. The molecule has 16 atom stereocenters. The number of hydrogen-bond donors (Lipinski definition) is 0. The summed E-state index contributed by atoms with van der Waals surface area (Å²) < 4.78 is 91.6. The lowest BCUT2D eigenvalue weighted by atomic mass is 9.96. The van der Waals surface area contributed by atoms with Gasteiger partial charge in [-0.3, -0.25) is 43.2 Å². The topological polar surface area (TPSA) is 301 Å². The van der Waals surface area contributed by atoms with Crippen LogP contribution in [0.25, 0.3) is 0 Å². The fourth-order valence-corrected chi connectivity index (χ4v) is 7.16. The van der Waals surface area contributed by atoms with Gasteiger partial charge in [0, 0.05) is 62.3 Å². The van der Waals surface area contributed by atoms with Gasteiger partial charge in [0.05, 0.1) is 6.61 Å². The number of esters is 9. The minimum absolute atomic E-state index is 0.563. The molecule has 25 nitrogen and oxygen atoms in total. The van der Waals surface area contributed by atoms with Crippen molar-refractivity contribution in [2.24, 2.45) is 0 Å². The van der Waals surface area contributed by atoms with Crippen molar-refractivity contribution >= 4 is 53.7 Å². The van der Waals surface area contributed by atoms with Crippen molar-refractivity contribution in [1.82, 2.24) is 0 Å². The molecule has 354 valence electrons. The van der Waals surface area contributed by atoms with Crippen LogP contribution in [-0.2, 0) is 119 Å². The van der Waals surface area contributed by atoms with E-state index in [4.69, 9.17) is 75.8 Å². The Labute approximate surface area is 359 Å². The van der Waals surface area contributed by atoms with Crippen molar-refractivity contribution in [1.29, 1.82) is 0 Å². The highest BCUT2D eigenvalue weighted by atomic mass is 16.8. The van der Waals surface area contributed by atoms with Crippen LogP contribution in [0, 0.1) is 0 Å². The van der Waals surface area contributed by atoms with Crippen LogP contribution in [0.5, 0.6) is 0 Å². The molecule has 4 aliphatic heterocycles. The van der Waals surface area contributed by atoms with E-state index in [1.54, 1.807) is 0 Å². The molecule has 0 spiro atoms. The van der Waals surface area contributed by atoms with Gasteiger partial charge in [0.25, 0.3) is 0 Å². The maximum atomic E-state index is 12.8. The van der Waals surface area contributed by atoms with Gasteiger partial charge >= 0.3 is 53.7 Å². The maximum absolute atomic E-state index is 12.8. The Hall–Kier alpha value is -5.05. The van der Waals surface area contributed by atoms with Gasteiger partial charge in [-0.1, -0.05) is 0 Å². The molecule has 0 saturated carbocycles. The summed E-state index contributed by atoms with van der Waals surface area (Å²) in [4.78, 5) is 111. The molecule has 0 radical (unpaired) electrons. The highest BCUT2D eigenvalue weighted by Gasteiger charge is 2.60. The predicted molar refractivity (Wildman–Crippen MR) is 194 cm³/mol. The fraction of sp³-hybridized carbons (Fsp3) is 0.763. The first-order valence-electron chi connectivity index (χ1n) is 19.6. The van der Waals surface area contributed by atoms with E-state index in [0.29, 0.717) is 0 Å². The zero-order chi connectivity index (χ0) is 46.9. The molecule has 4 saturated heterocycles. The third-order valence-corrected chi connectivity index (χ3v) is 9.18. The molecule has 0 aliphatic carbocycles. The van der Waals surface area contributed by atoms with E-state index in [1.165, 1.54) is 6.92 Å². The van der Waals surface area contributed by atoms with E-state index in [1.807, 2.05) is 0 Å². The predicted octanol–water partition coefficient (Wildman–Crippen LogP) is -1.03. The van der Waals surface area contributed by atoms with Gasteiger partial charge in [0.2, 0.25) is 0 Å². The number of rotatable bonds is 16. The third kappa shape index (κ3) is 14.2. The SMILES string of the molecule is CC(=O)OC[C@H]1O[C@H](OC[C@H]2O[C@H]3O[C@H](C)O[C@H]3[C@@H](O[C@H]3O[C@H](COC(C)=O)[C@@H](OC(C)=O)[C@H](OC(C)=O)[C@@H]3OC(C)=O)[C@@H]2OC(C)=O)[C@@H](OC(C)=O)[C@@H](OC(C)=O)[C@@H]1OC(C)=O. The summed E-state index contributed by atoms with van der Waals surface area (Å²) in [5.41, 5.74) is 0. The molecule has 0 aromatic carbocycles. The van der Waals surface area contributed by atoms with Crippen molar-refractivity contribution in [2.75, 3.05) is 19.8 Å². The molecule has 0 unspecified atom stereocenters. The molecular formula is C38H52O25. The molecule has 4 aliphatic rings. The first-order chi connectivity index (χ1) is 29.5. The van der Waals surface area contributed by atoms with Crippen LogP contribution in [-0.4, -0.2) is 172 Å². The van der Waals surface area contributed by atoms with Crippen molar-refractivity contribution in [3.05, 3.63) is 0 Å². The molecule has 0 bridgehead atoms. The molecule has 0 aromatic heterocycles. The van der Waals surface area contributed by atoms with Crippen molar-refractivity contribution in [3.8, 4) is 0 Å². The van der Waals surface area contributed by atoms with E-state index in [0.717, 1.165) is 62.3 Å². The standard InChI is InChI=1S/C38H52O25/c1-14(39)48-11-24-27(51-16(3)41)30(54-19(6)44)33(56-21(8)46)36(60-24)50-13-26-29(53-18(5)43)32(35-37(61-26)59-23(10)58-35)63-38-34(57-22(9)47)31(55-20(7)45)28(52-17(4)42)25(62-38)12-49-15(2)40/h23-38H,11-13H2,1-10H3/t23-,24-,25-,26-,27-,28-,29-,30+,31+,32+,33+,34+,35+,36+,37-,38-/m1/s1. The van der Waals surface area contributed by atoms with E-state index in [-0.39, 0.29) is 0 Å². The lowest BCUT2D eigenvalue weighted by Crippen LogP contribution is -2.66. The van der Waals surface area contributed by atoms with Gasteiger partial charge in [-0.25, -0.2) is 0 Å². The van der Waals surface area contributed by atoms with Gasteiger partial charge in [0.15, 0.2) is 67.9 Å². The van der Waals surface area contributed by atoms with Crippen LogP contribution in [0.3, 0.4) is 0 Å². The molecule has 25 heteroatoms. The van der Waals surface area contributed by atoms with Gasteiger partial charge in [-0.05, 0) is 6.92 Å². The summed E-state index contributed by atoms with van der Waals surface area (Å²) >= 11 is 0. The van der Waals surface area contributed by atoms with Crippen molar-refractivity contribution in [3.63, 3.8) is 0 Å². The summed E-state index contributed by atoms with van der Waals surface area (Å²) in [6.45, 7) is 9.18. The van der Waals surface area contributed by atoms with E-state index < -0.39 is 172 Å². The summed E-state index contributed by atoms with van der Waals surface area (Å²) in [6, 6.07) is 0. The van der Waals surface area contributed by atoms with Gasteiger partial charge in [-0.2, -0.15) is 0 Å². The second kappa shape index (κ2) is 22.5. The highest BCUT2D eigenvalue weighted by molar-refractivity contribution is 5.70. The molecule has 63 heavy (non-hydrogen) atoms. The zero-order valence-electron chi connectivity index (χ0n) is 36.1. The van der Waals surface area contributed by atoms with Gasteiger partial charge in [0.1, 0.15) is 43.7 Å². The maximum Gasteiger partial charge on any atom is 0.303 e. The molecule has 0 N–H and O–H groups in total. The van der Waals surface area contributed by atoms with E-state index in [9.17, 15) is 43.2 Å². The summed E-state index contributed by atoms with van der Waals surface area (Å²) in [6.07, 6.45) is -24.0. The largest absolute Gasteiger partial charge is 0.463 e. The number of ether oxygens (including phenoxy) is 16. The lowest BCUT2D eigenvalue weighted by molar-refractivity contribution is -0.352. The van der Waals surface area contributed by atoms with E-state index in [2.05, 4.69) is 0 Å². The average Bonchev–Trinajstić information content (AvgIpc) is 3.52. The number of hydrogen-bond acceptors (Lipinski definition) is 25. The Morgan fingerprint density at radius 3 is 1.13 bits per heavy atom. The Bertz CT molecular complexity index is 1700.